The van der Waals surface area contributed by atoms with Crippen LogP contribution in [0, 0.1) is 5.41 Å². The lowest BCUT2D eigenvalue weighted by Crippen LogP contribution is -2.58. The maximum absolute atomic E-state index is 12.1. The lowest BCUT2D eigenvalue weighted by Gasteiger charge is -2.46. The van der Waals surface area contributed by atoms with Crippen molar-refractivity contribution in [3.63, 3.8) is 0 Å². The first-order valence-corrected chi connectivity index (χ1v) is 12.9. The fourth-order valence-electron chi connectivity index (χ4n) is 5.36. The number of methoxy groups -OCH3 is 1. The van der Waals surface area contributed by atoms with Crippen LogP contribution in [0.5, 0.6) is 11.5 Å². The van der Waals surface area contributed by atoms with E-state index in [4.69, 9.17) is 19.2 Å². The van der Waals surface area contributed by atoms with E-state index in [1.165, 1.54) is 0 Å². The molecule has 0 unspecified atom stereocenters. The third-order valence-corrected chi connectivity index (χ3v) is 7.57. The van der Waals surface area contributed by atoms with Crippen molar-refractivity contribution < 1.29 is 24.1 Å². The van der Waals surface area contributed by atoms with Crippen LogP contribution in [0.15, 0.2) is 54.9 Å². The predicted molar refractivity (Wildman–Crippen MR) is 145 cm³/mol. The minimum atomic E-state index is -0.903. The molecule has 1 N–H and O–H groups in total. The molecule has 1 amide bonds. The van der Waals surface area contributed by atoms with E-state index in [1.54, 1.807) is 18.2 Å². The lowest BCUT2D eigenvalue weighted by molar-refractivity contribution is -0.00334. The molecule has 0 radical (unpaired) electrons. The Morgan fingerprint density at radius 2 is 1.97 bits per heavy atom. The van der Waals surface area contributed by atoms with Crippen molar-refractivity contribution in [2.45, 2.75) is 39.2 Å². The van der Waals surface area contributed by atoms with E-state index in [0.717, 1.165) is 46.5 Å². The van der Waals surface area contributed by atoms with Crippen molar-refractivity contribution in [3.8, 4) is 22.9 Å². The van der Waals surface area contributed by atoms with Gasteiger partial charge in [0.25, 0.3) is 0 Å². The molecule has 1 atom stereocenters. The van der Waals surface area contributed by atoms with Gasteiger partial charge in [-0.1, -0.05) is 39.0 Å². The van der Waals surface area contributed by atoms with Gasteiger partial charge in [-0.25, -0.2) is 14.8 Å². The smallest absolute Gasteiger partial charge is 0.407 e. The number of nitrogens with zero attached hydrogens (tertiary/aromatic N) is 4. The van der Waals surface area contributed by atoms with E-state index < -0.39 is 11.6 Å². The zero-order chi connectivity index (χ0) is 26.9. The molecular weight excluding hydrogens is 484 g/mol. The molecule has 9 nitrogen and oxygen atoms in total. The Labute approximate surface area is 222 Å². The van der Waals surface area contributed by atoms with Crippen LogP contribution in [0.25, 0.3) is 27.9 Å². The lowest BCUT2D eigenvalue weighted by atomic mass is 9.72. The van der Waals surface area contributed by atoms with Crippen molar-refractivity contribution in [3.05, 3.63) is 54.9 Å². The number of benzene rings is 1. The maximum Gasteiger partial charge on any atom is 0.407 e. The van der Waals surface area contributed by atoms with Crippen LogP contribution in [0.4, 0.5) is 4.79 Å². The molecule has 0 spiro atoms. The van der Waals surface area contributed by atoms with E-state index >= 15 is 0 Å². The second-order valence-electron chi connectivity index (χ2n) is 10.7. The molecule has 38 heavy (non-hydrogen) atoms. The minimum Gasteiger partial charge on any atom is -0.491 e. The number of ether oxygens (including phenoxy) is 3. The van der Waals surface area contributed by atoms with E-state index in [0.29, 0.717) is 25.5 Å². The largest absolute Gasteiger partial charge is 0.491 e. The van der Waals surface area contributed by atoms with Crippen LogP contribution in [0.1, 0.15) is 33.6 Å². The second kappa shape index (κ2) is 10.1. The highest BCUT2D eigenvalue weighted by Crippen LogP contribution is 2.44. The van der Waals surface area contributed by atoms with E-state index in [9.17, 15) is 9.90 Å². The summed E-state index contributed by atoms with van der Waals surface area (Å²) >= 11 is 0. The molecular formula is C29H34N4O5. The molecule has 4 heterocycles. The van der Waals surface area contributed by atoms with E-state index in [2.05, 4.69) is 25.8 Å². The van der Waals surface area contributed by atoms with Gasteiger partial charge in [0.1, 0.15) is 35.9 Å². The molecule has 5 rings (SSSR count). The number of hydrogen-bond acceptors (Lipinski definition) is 6. The molecule has 0 bridgehead atoms. The minimum absolute atomic E-state index is 0.259. The fourth-order valence-corrected chi connectivity index (χ4v) is 5.36. The van der Waals surface area contributed by atoms with Crippen LogP contribution in [-0.4, -0.2) is 69.5 Å². The number of likely N-dealkylation sites (tertiary alicyclic amines) is 1. The number of aromatic nitrogens is 3. The highest BCUT2D eigenvalue weighted by atomic mass is 16.5. The van der Waals surface area contributed by atoms with Crippen molar-refractivity contribution >= 4 is 22.6 Å². The molecule has 4 aromatic rings. The van der Waals surface area contributed by atoms with E-state index in [1.807, 2.05) is 53.1 Å². The average Bonchev–Trinajstić information content (AvgIpc) is 3.52. The number of hydrogen-bond donors (Lipinski definition) is 1. The van der Waals surface area contributed by atoms with Crippen LogP contribution in [0.2, 0.25) is 0 Å². The first-order valence-electron chi connectivity index (χ1n) is 12.9. The molecule has 1 aliphatic heterocycles. The summed E-state index contributed by atoms with van der Waals surface area (Å²) in [5.41, 5.74) is 2.16. The standard InChI is InChI=1S/C29H34N4O5/c1-28(2,3)29(12-6-13-33(29)27(34)35)19-38-24-8-5-7-20-9-10-22(31-26(20)24)23-18-30-25-17-21(11-14-32(23)25)37-16-15-36-4/h5,7-11,14,17-18H,6,12-13,15-16,19H2,1-4H3,(H,34,35)/t29-/m0/s1. The third kappa shape index (κ3) is 4.62. The number of carboxylic acid groups (broad SMARTS) is 1. The summed E-state index contributed by atoms with van der Waals surface area (Å²) in [6, 6.07) is 13.6. The molecule has 1 aromatic carbocycles. The topological polar surface area (TPSA) is 98.4 Å². The summed E-state index contributed by atoms with van der Waals surface area (Å²) in [5.74, 6) is 1.36. The van der Waals surface area contributed by atoms with Gasteiger partial charge in [0.2, 0.25) is 0 Å². The Bertz CT molecular complexity index is 1460. The fraction of sp³-hybridized carbons (Fsp3) is 0.414. The van der Waals surface area contributed by atoms with Gasteiger partial charge >= 0.3 is 6.09 Å². The van der Waals surface area contributed by atoms with Crippen molar-refractivity contribution in [2.75, 3.05) is 33.5 Å². The average molecular weight is 519 g/mol. The van der Waals surface area contributed by atoms with Gasteiger partial charge in [0.15, 0.2) is 0 Å². The van der Waals surface area contributed by atoms with Gasteiger partial charge in [0.05, 0.1) is 29.7 Å². The number of fused-ring (bicyclic) bond motifs is 2. The molecule has 0 aliphatic carbocycles. The summed E-state index contributed by atoms with van der Waals surface area (Å²) in [4.78, 5) is 23.2. The van der Waals surface area contributed by atoms with Crippen molar-refractivity contribution in [1.29, 1.82) is 0 Å². The molecule has 1 saturated heterocycles. The summed E-state index contributed by atoms with van der Waals surface area (Å²) < 4.78 is 19.2. The van der Waals surface area contributed by atoms with Gasteiger partial charge in [-0.3, -0.25) is 9.30 Å². The number of amides is 1. The Morgan fingerprint density at radius 3 is 2.74 bits per heavy atom. The summed E-state index contributed by atoms with van der Waals surface area (Å²) in [5, 5.41) is 10.9. The summed E-state index contributed by atoms with van der Waals surface area (Å²) in [6.45, 7) is 8.00. The van der Waals surface area contributed by atoms with E-state index in [-0.39, 0.29) is 12.0 Å². The van der Waals surface area contributed by atoms with Gasteiger partial charge in [-0.05, 0) is 36.5 Å². The first kappa shape index (κ1) is 25.8. The van der Waals surface area contributed by atoms with Gasteiger partial charge in [-0.2, -0.15) is 0 Å². The quantitative estimate of drug-likeness (QED) is 0.307. The number of carbonyl (C=O) groups is 1. The highest BCUT2D eigenvalue weighted by molar-refractivity contribution is 5.86. The zero-order valence-electron chi connectivity index (χ0n) is 22.3. The molecule has 9 heteroatoms. The molecule has 1 aliphatic rings. The molecule has 1 fully saturated rings. The number of para-hydroxylation sites is 1. The highest BCUT2D eigenvalue weighted by Gasteiger charge is 2.52. The van der Waals surface area contributed by atoms with Crippen molar-refractivity contribution in [2.24, 2.45) is 5.41 Å². The number of rotatable bonds is 8. The van der Waals surface area contributed by atoms with Gasteiger partial charge in [0, 0.05) is 31.3 Å². The Balaban J connectivity index is 1.46. The summed E-state index contributed by atoms with van der Waals surface area (Å²) in [6.07, 6.45) is 4.38. The Kier molecular flexibility index (Phi) is 6.88. The molecule has 0 saturated carbocycles. The number of imidazole rings is 1. The van der Waals surface area contributed by atoms with Gasteiger partial charge < -0.3 is 19.3 Å². The van der Waals surface area contributed by atoms with Crippen LogP contribution in [0.3, 0.4) is 0 Å². The van der Waals surface area contributed by atoms with Gasteiger partial charge in [-0.15, -0.1) is 0 Å². The monoisotopic (exact) mass is 518 g/mol. The number of pyridine rings is 2. The Hall–Kier alpha value is -3.85. The second-order valence-corrected chi connectivity index (χ2v) is 10.7. The van der Waals surface area contributed by atoms with Crippen LogP contribution >= 0.6 is 0 Å². The first-order chi connectivity index (χ1) is 18.2. The molecule has 3 aromatic heterocycles. The SMILES string of the molecule is COCCOc1ccn2c(-c3ccc4cccc(OC[C@]5(C(C)(C)C)CCCN5C(=O)O)c4n3)cnc2c1. The van der Waals surface area contributed by atoms with Crippen LogP contribution < -0.4 is 9.47 Å². The summed E-state index contributed by atoms with van der Waals surface area (Å²) in [7, 11) is 1.64. The normalized spacial score (nSPS) is 17.8. The van der Waals surface area contributed by atoms with Crippen molar-refractivity contribution in [1.82, 2.24) is 19.3 Å². The van der Waals surface area contributed by atoms with Crippen LogP contribution in [-0.2, 0) is 4.74 Å². The zero-order valence-corrected chi connectivity index (χ0v) is 22.3. The Morgan fingerprint density at radius 1 is 1.13 bits per heavy atom. The molecule has 200 valence electrons. The predicted octanol–water partition coefficient (Wildman–Crippen LogP) is 5.51. The third-order valence-electron chi connectivity index (χ3n) is 7.57. The maximum atomic E-state index is 12.1.